The monoisotopic (exact) mass is 396 g/mol. The zero-order chi connectivity index (χ0) is 18.8. The molecular formula is C19H34KO4P. The summed E-state index contributed by atoms with van der Waals surface area (Å²) in [6.07, 6.45) is 0.209. The van der Waals surface area contributed by atoms with Crippen LogP contribution in [0.1, 0.15) is 73.5 Å². The van der Waals surface area contributed by atoms with Crippen LogP contribution in [-0.2, 0) is 30.6 Å². The molecule has 0 fully saturated rings. The van der Waals surface area contributed by atoms with Gasteiger partial charge in [0.1, 0.15) is 5.75 Å². The first-order valence-electron chi connectivity index (χ1n) is 8.59. The van der Waals surface area contributed by atoms with Crippen LogP contribution < -0.4 is 51.4 Å². The van der Waals surface area contributed by atoms with Crippen LogP contribution in [0.2, 0.25) is 0 Å². The first kappa shape index (κ1) is 25.8. The maximum absolute atomic E-state index is 12.9. The van der Waals surface area contributed by atoms with Crippen molar-refractivity contribution in [2.75, 3.05) is 13.2 Å². The van der Waals surface area contributed by atoms with Crippen molar-refractivity contribution in [1.29, 1.82) is 0 Å². The molecule has 4 nitrogen and oxygen atoms in total. The van der Waals surface area contributed by atoms with Crippen LogP contribution in [0.25, 0.3) is 0 Å². The third-order valence-corrected chi connectivity index (χ3v) is 5.87. The number of hydrogen-bond donors (Lipinski definition) is 1. The largest absolute Gasteiger partial charge is 1.00 e. The number of hydrogen-bond acceptors (Lipinski definition) is 4. The van der Waals surface area contributed by atoms with Gasteiger partial charge < -0.3 is 15.6 Å². The van der Waals surface area contributed by atoms with Crippen molar-refractivity contribution in [1.82, 2.24) is 0 Å². The average Bonchev–Trinajstić information content (AvgIpc) is 2.38. The molecule has 0 saturated heterocycles. The van der Waals surface area contributed by atoms with Gasteiger partial charge in [-0.1, -0.05) is 53.7 Å². The summed E-state index contributed by atoms with van der Waals surface area (Å²) < 4.78 is 23.7. The van der Waals surface area contributed by atoms with E-state index in [-0.39, 0.29) is 69.8 Å². The zero-order valence-corrected chi connectivity index (χ0v) is 21.4. The summed E-state index contributed by atoms with van der Waals surface area (Å²) in [6.45, 7) is 16.7. The molecule has 0 aliphatic rings. The molecule has 0 unspecified atom stereocenters. The number of phenolic OH excluding ortho intramolecular Hbond substituents is 1. The van der Waals surface area contributed by atoms with Crippen LogP contribution in [-0.4, -0.2) is 18.3 Å². The molecule has 0 spiro atoms. The summed E-state index contributed by atoms with van der Waals surface area (Å²) in [7, 11) is -3.18. The van der Waals surface area contributed by atoms with E-state index in [1.807, 2.05) is 26.0 Å². The van der Waals surface area contributed by atoms with Gasteiger partial charge in [0, 0.05) is 0 Å². The molecule has 0 radical (unpaired) electrons. The predicted molar refractivity (Wildman–Crippen MR) is 101 cm³/mol. The van der Waals surface area contributed by atoms with E-state index >= 15 is 0 Å². The van der Waals surface area contributed by atoms with Gasteiger partial charge in [-0.2, -0.15) is 0 Å². The van der Waals surface area contributed by atoms with E-state index in [0.717, 1.165) is 16.7 Å². The summed E-state index contributed by atoms with van der Waals surface area (Å²) in [5.41, 5.74) is 2.13. The van der Waals surface area contributed by atoms with Crippen LogP contribution >= 0.6 is 7.60 Å². The summed E-state index contributed by atoms with van der Waals surface area (Å²) in [5, 5.41) is 10.8. The molecule has 0 heterocycles. The molecule has 1 N–H and O–H groups in total. The molecule has 140 valence electrons. The fraction of sp³-hybridized carbons (Fsp3) is 0.684. The molecule has 1 aromatic rings. The fourth-order valence-electron chi connectivity index (χ4n) is 2.67. The average molecular weight is 397 g/mol. The molecule has 0 aliphatic heterocycles. The molecule has 6 heteroatoms. The van der Waals surface area contributed by atoms with Gasteiger partial charge in [-0.05, 0) is 41.4 Å². The van der Waals surface area contributed by atoms with Crippen molar-refractivity contribution in [3.63, 3.8) is 0 Å². The molecule has 0 saturated carbocycles. The van der Waals surface area contributed by atoms with E-state index in [9.17, 15) is 9.67 Å². The second kappa shape index (κ2) is 9.84. The molecule has 0 aromatic heterocycles. The Balaban J connectivity index is 0. The Bertz CT molecular complexity index is 576. The van der Waals surface area contributed by atoms with Crippen LogP contribution in [0.3, 0.4) is 0 Å². The van der Waals surface area contributed by atoms with Crippen LogP contribution in [0.4, 0.5) is 0 Å². The zero-order valence-electron chi connectivity index (χ0n) is 18.4. The van der Waals surface area contributed by atoms with Gasteiger partial charge in [0.05, 0.1) is 19.4 Å². The second-order valence-corrected chi connectivity index (χ2v) is 10.2. The first-order valence-corrected chi connectivity index (χ1v) is 10.3. The number of aromatic hydroxyl groups is 1. The molecule has 25 heavy (non-hydrogen) atoms. The Labute approximate surface area is 197 Å². The predicted octanol–water partition coefficient (Wildman–Crippen LogP) is 2.87. The molecule has 1 aromatic carbocycles. The van der Waals surface area contributed by atoms with Gasteiger partial charge in [0.25, 0.3) is 0 Å². The van der Waals surface area contributed by atoms with Gasteiger partial charge in [-0.25, -0.2) is 0 Å². The van der Waals surface area contributed by atoms with Gasteiger partial charge in [0.15, 0.2) is 0 Å². The fourth-order valence-corrected chi connectivity index (χ4v) is 4.35. The van der Waals surface area contributed by atoms with Crippen LogP contribution in [0.15, 0.2) is 12.1 Å². The Hall–Kier alpha value is 0.806. The number of benzene rings is 1. The first-order chi connectivity index (χ1) is 10.8. The minimum atomic E-state index is -3.18. The molecule has 0 atom stereocenters. The van der Waals surface area contributed by atoms with Crippen molar-refractivity contribution in [2.45, 2.75) is 72.4 Å². The Kier molecular flexibility index (Phi) is 10.2. The Morgan fingerprint density at radius 3 is 1.60 bits per heavy atom. The smallest absolute Gasteiger partial charge is 1.00 e. The van der Waals surface area contributed by atoms with E-state index in [2.05, 4.69) is 41.5 Å². The van der Waals surface area contributed by atoms with Crippen LogP contribution in [0.5, 0.6) is 5.75 Å². The Morgan fingerprint density at radius 2 is 1.32 bits per heavy atom. The summed E-state index contributed by atoms with van der Waals surface area (Å²) in [5.74, 6) is 0.321. The maximum Gasteiger partial charge on any atom is 1.00 e. The van der Waals surface area contributed by atoms with Crippen LogP contribution in [0, 0.1) is 0 Å². The summed E-state index contributed by atoms with van der Waals surface area (Å²) >= 11 is 0. The molecular weight excluding hydrogens is 362 g/mol. The maximum atomic E-state index is 12.9. The molecule has 0 aliphatic carbocycles. The van der Waals surface area contributed by atoms with Gasteiger partial charge in [-0.15, -0.1) is 0 Å². The SMILES string of the molecule is CCOP(=O)(Cc1cc(C(C)(C)C)c(O)c(C(C)(C)C)c1)OCC.[H-].[K+]. The molecule has 1 rings (SSSR count). The third kappa shape index (κ3) is 7.38. The molecule has 0 bridgehead atoms. The third-order valence-electron chi connectivity index (χ3n) is 3.81. The van der Waals surface area contributed by atoms with Crippen molar-refractivity contribution >= 4 is 7.60 Å². The normalized spacial score (nSPS) is 12.8. The van der Waals surface area contributed by atoms with E-state index in [4.69, 9.17) is 9.05 Å². The van der Waals surface area contributed by atoms with Crippen molar-refractivity contribution < 1.29 is 71.5 Å². The minimum absolute atomic E-state index is 0. The van der Waals surface area contributed by atoms with Crippen molar-refractivity contribution in [3.8, 4) is 5.75 Å². The summed E-state index contributed by atoms with van der Waals surface area (Å²) in [4.78, 5) is 0. The molecule has 0 amide bonds. The Morgan fingerprint density at radius 1 is 0.960 bits per heavy atom. The van der Waals surface area contributed by atoms with Gasteiger partial charge in [0.2, 0.25) is 0 Å². The van der Waals surface area contributed by atoms with E-state index in [1.54, 1.807) is 0 Å². The van der Waals surface area contributed by atoms with E-state index in [0.29, 0.717) is 19.0 Å². The van der Waals surface area contributed by atoms with Crippen molar-refractivity contribution in [2.24, 2.45) is 0 Å². The van der Waals surface area contributed by atoms with Gasteiger partial charge in [-0.3, -0.25) is 4.57 Å². The summed E-state index contributed by atoms with van der Waals surface area (Å²) in [6, 6.07) is 3.85. The second-order valence-electron chi connectivity index (χ2n) is 8.14. The van der Waals surface area contributed by atoms with E-state index in [1.165, 1.54) is 0 Å². The topological polar surface area (TPSA) is 55.8 Å². The van der Waals surface area contributed by atoms with E-state index < -0.39 is 7.60 Å². The van der Waals surface area contributed by atoms with Crippen molar-refractivity contribution in [3.05, 3.63) is 28.8 Å². The standard InChI is InChI=1S/C19H33O4P.K.H/c1-9-22-24(21,23-10-2)13-14-11-15(18(3,4)5)17(20)16(12-14)19(6,7)8;;/h11-12,20H,9-10,13H2,1-8H3;;/q;+1;-1. The minimum Gasteiger partial charge on any atom is -1.00 e. The van der Waals surface area contributed by atoms with Gasteiger partial charge >= 0.3 is 59.0 Å². The quantitative estimate of drug-likeness (QED) is 0.593. The number of phenols is 1. The number of rotatable bonds is 6.